The van der Waals surface area contributed by atoms with E-state index in [4.69, 9.17) is 4.74 Å². The molecule has 0 saturated heterocycles. The lowest BCUT2D eigenvalue weighted by Crippen LogP contribution is -2.52. The maximum atomic E-state index is 13.9. The normalized spacial score (nSPS) is 12.7. The molecule has 0 unspecified atom stereocenters. The first-order chi connectivity index (χ1) is 20.1. The van der Waals surface area contributed by atoms with Crippen molar-refractivity contribution in [3.05, 3.63) is 96.1 Å². The van der Waals surface area contributed by atoms with Gasteiger partial charge in [-0.25, -0.2) is 8.42 Å². The van der Waals surface area contributed by atoms with Crippen LogP contribution in [-0.4, -0.2) is 56.6 Å². The fourth-order valence-electron chi connectivity index (χ4n) is 4.70. The van der Waals surface area contributed by atoms with Gasteiger partial charge >= 0.3 is 0 Å². The fourth-order valence-corrected chi connectivity index (χ4v) is 5.67. The molecule has 0 spiro atoms. The highest BCUT2D eigenvalue weighted by atomic mass is 32.2. The van der Waals surface area contributed by atoms with Crippen LogP contribution >= 0.6 is 0 Å². The van der Waals surface area contributed by atoms with Gasteiger partial charge in [-0.2, -0.15) is 0 Å². The summed E-state index contributed by atoms with van der Waals surface area (Å²) in [5.41, 5.74) is 2.29. The average molecular weight is 594 g/mol. The van der Waals surface area contributed by atoms with Crippen molar-refractivity contribution < 1.29 is 22.7 Å². The summed E-state index contributed by atoms with van der Waals surface area (Å²) in [4.78, 5) is 29.2. The van der Waals surface area contributed by atoms with Gasteiger partial charge in [0.05, 0.1) is 18.6 Å². The van der Waals surface area contributed by atoms with E-state index in [1.807, 2.05) is 81.4 Å². The Morgan fingerprint density at radius 2 is 1.48 bits per heavy atom. The summed E-state index contributed by atoms with van der Waals surface area (Å²) in [5, 5.41) is 3.07. The Hall–Kier alpha value is -3.85. The lowest BCUT2D eigenvalue weighted by Gasteiger charge is -2.32. The summed E-state index contributed by atoms with van der Waals surface area (Å²) in [5.74, 6) is 0.0404. The molecule has 0 heterocycles. The van der Waals surface area contributed by atoms with E-state index in [9.17, 15) is 18.0 Å². The zero-order chi connectivity index (χ0) is 30.5. The Kier molecular flexibility index (Phi) is 12.4. The van der Waals surface area contributed by atoms with Crippen LogP contribution in [0.5, 0.6) is 5.75 Å². The van der Waals surface area contributed by atoms with Crippen LogP contribution in [0, 0.1) is 0 Å². The van der Waals surface area contributed by atoms with Gasteiger partial charge in [-0.05, 0) is 49.9 Å². The van der Waals surface area contributed by atoms with Crippen molar-refractivity contribution in [3.8, 4) is 5.75 Å². The molecule has 0 bridgehead atoms. The number of amides is 2. The maximum Gasteiger partial charge on any atom is 0.243 e. The second-order valence-electron chi connectivity index (χ2n) is 10.4. The van der Waals surface area contributed by atoms with Crippen LogP contribution in [0.25, 0.3) is 0 Å². The predicted molar refractivity (Wildman–Crippen MR) is 168 cm³/mol. The van der Waals surface area contributed by atoms with Gasteiger partial charge in [0.15, 0.2) is 0 Å². The lowest BCUT2D eigenvalue weighted by atomic mass is 10.0. The van der Waals surface area contributed by atoms with Crippen molar-refractivity contribution >= 4 is 27.5 Å². The number of anilines is 1. The lowest BCUT2D eigenvalue weighted by molar-refractivity contribution is -0.141. The summed E-state index contributed by atoms with van der Waals surface area (Å²) in [7, 11) is -3.65. The predicted octanol–water partition coefficient (Wildman–Crippen LogP) is 5.19. The average Bonchev–Trinajstić information content (AvgIpc) is 2.98. The quantitative estimate of drug-likeness (QED) is 0.247. The van der Waals surface area contributed by atoms with Crippen molar-refractivity contribution in [2.24, 2.45) is 0 Å². The first kappa shape index (κ1) is 32.7. The molecule has 2 amide bonds. The van der Waals surface area contributed by atoms with Gasteiger partial charge < -0.3 is 15.0 Å². The highest BCUT2D eigenvalue weighted by Crippen LogP contribution is 2.30. The fraction of sp³-hybridized carbons (Fsp3) is 0.394. The number of sulfonamides is 1. The Balaban J connectivity index is 1.88. The summed E-state index contributed by atoms with van der Waals surface area (Å²) >= 11 is 0. The third kappa shape index (κ3) is 9.62. The van der Waals surface area contributed by atoms with Crippen molar-refractivity contribution in [3.63, 3.8) is 0 Å². The van der Waals surface area contributed by atoms with E-state index in [0.717, 1.165) is 23.8 Å². The largest absolute Gasteiger partial charge is 0.492 e. The molecule has 3 rings (SSSR count). The smallest absolute Gasteiger partial charge is 0.243 e. The molecule has 0 aliphatic carbocycles. The minimum atomic E-state index is -3.65. The number of ether oxygens (including phenoxy) is 1. The Bertz CT molecular complexity index is 1380. The second-order valence-corrected chi connectivity index (χ2v) is 12.3. The molecule has 0 aliphatic rings. The molecule has 1 N–H and O–H groups in total. The Labute approximate surface area is 250 Å². The van der Waals surface area contributed by atoms with Gasteiger partial charge in [0.25, 0.3) is 0 Å². The summed E-state index contributed by atoms with van der Waals surface area (Å²) in [6.45, 7) is 6.53. The minimum absolute atomic E-state index is 0.0434. The number of carbonyl (C=O) groups excluding carboxylic acids is 2. The minimum Gasteiger partial charge on any atom is -0.492 e. The molecule has 0 aromatic heterocycles. The van der Waals surface area contributed by atoms with E-state index in [1.165, 1.54) is 4.31 Å². The molecule has 42 heavy (non-hydrogen) atoms. The molecule has 3 aromatic rings. The molecular weight excluding hydrogens is 550 g/mol. The van der Waals surface area contributed by atoms with Crippen LogP contribution in [0.1, 0.15) is 51.2 Å². The van der Waals surface area contributed by atoms with Crippen LogP contribution in [0.2, 0.25) is 0 Å². The van der Waals surface area contributed by atoms with Crippen molar-refractivity contribution in [2.45, 2.75) is 65.1 Å². The number of nitrogens with one attached hydrogen (secondary N) is 1. The third-order valence-corrected chi connectivity index (χ3v) is 8.23. The molecular formula is C33H43N3O5S. The van der Waals surface area contributed by atoms with Gasteiger partial charge in [0, 0.05) is 32.0 Å². The molecule has 0 fully saturated rings. The van der Waals surface area contributed by atoms with Crippen molar-refractivity contribution in [1.82, 2.24) is 10.2 Å². The van der Waals surface area contributed by atoms with E-state index in [2.05, 4.69) is 5.32 Å². The van der Waals surface area contributed by atoms with Crippen LogP contribution < -0.4 is 14.4 Å². The summed E-state index contributed by atoms with van der Waals surface area (Å²) in [6.07, 6.45) is 2.61. The monoisotopic (exact) mass is 593 g/mol. The van der Waals surface area contributed by atoms with Crippen LogP contribution in [0.3, 0.4) is 0 Å². The number of benzene rings is 3. The first-order valence-corrected chi connectivity index (χ1v) is 16.4. The maximum absolute atomic E-state index is 13.9. The van der Waals surface area contributed by atoms with E-state index >= 15 is 0 Å². The highest BCUT2D eigenvalue weighted by molar-refractivity contribution is 7.92. The molecule has 226 valence electrons. The van der Waals surface area contributed by atoms with E-state index in [-0.39, 0.29) is 43.8 Å². The number of hydrogen-bond donors (Lipinski definition) is 1. The number of nitrogens with zero attached hydrogens (tertiary/aromatic N) is 2. The Morgan fingerprint density at radius 1 is 0.881 bits per heavy atom. The molecule has 3 aromatic carbocycles. The van der Waals surface area contributed by atoms with E-state index < -0.39 is 16.1 Å². The van der Waals surface area contributed by atoms with Crippen LogP contribution in [-0.2, 0) is 32.6 Å². The van der Waals surface area contributed by atoms with Gasteiger partial charge in [0.2, 0.25) is 21.8 Å². The number of carbonyl (C=O) groups is 2. The standard InChI is InChI=1S/C33H43N3O5S/c1-5-26(3)34-33(38)30(24-27-16-9-7-10-17-27)35(25-28-18-11-8-12-19-28)32(37)22-15-23-36(42(4,39)40)29-20-13-14-21-31(29)41-6-2/h7-14,16-21,26,30H,5-6,15,22-25H2,1-4H3,(H,34,38)/t26-,30-/m1/s1. The number of rotatable bonds is 16. The molecule has 0 saturated carbocycles. The van der Waals surface area contributed by atoms with Gasteiger partial charge in [-0.3, -0.25) is 13.9 Å². The van der Waals surface area contributed by atoms with E-state index in [1.54, 1.807) is 29.2 Å². The van der Waals surface area contributed by atoms with Crippen LogP contribution in [0.4, 0.5) is 5.69 Å². The molecule has 9 heteroatoms. The summed E-state index contributed by atoms with van der Waals surface area (Å²) < 4.78 is 32.5. The van der Waals surface area contributed by atoms with Crippen molar-refractivity contribution in [1.29, 1.82) is 0 Å². The van der Waals surface area contributed by atoms with E-state index in [0.29, 0.717) is 24.5 Å². The van der Waals surface area contributed by atoms with Gasteiger partial charge in [0.1, 0.15) is 11.8 Å². The summed E-state index contributed by atoms with van der Waals surface area (Å²) in [6, 6.07) is 25.4. The van der Waals surface area contributed by atoms with Gasteiger partial charge in [-0.15, -0.1) is 0 Å². The second kappa shape index (κ2) is 16.0. The molecule has 0 aliphatic heterocycles. The highest BCUT2D eigenvalue weighted by Gasteiger charge is 2.31. The van der Waals surface area contributed by atoms with Crippen molar-refractivity contribution in [2.75, 3.05) is 23.7 Å². The van der Waals surface area contributed by atoms with Gasteiger partial charge in [-0.1, -0.05) is 79.7 Å². The zero-order valence-electron chi connectivity index (χ0n) is 25.0. The third-order valence-electron chi connectivity index (χ3n) is 7.05. The zero-order valence-corrected chi connectivity index (χ0v) is 25.8. The first-order valence-electron chi connectivity index (χ1n) is 14.5. The molecule has 0 radical (unpaired) electrons. The number of para-hydroxylation sites is 2. The number of hydrogen-bond acceptors (Lipinski definition) is 5. The Morgan fingerprint density at radius 3 is 2.07 bits per heavy atom. The molecule has 2 atom stereocenters. The SMILES string of the molecule is CCOc1ccccc1N(CCCC(=O)N(Cc1ccccc1)[C@H](Cc1ccccc1)C(=O)N[C@H](C)CC)S(C)(=O)=O. The molecule has 8 nitrogen and oxygen atoms in total. The topological polar surface area (TPSA) is 96.0 Å². The van der Waals surface area contributed by atoms with Crippen LogP contribution in [0.15, 0.2) is 84.9 Å².